The van der Waals surface area contributed by atoms with Gasteiger partial charge in [-0.25, -0.2) is 0 Å². The number of aryl methyl sites for hydroxylation is 1. The molecule has 2 heteroatoms. The molecule has 2 aromatic rings. The van der Waals surface area contributed by atoms with Crippen molar-refractivity contribution in [3.05, 3.63) is 90.0 Å². The molecule has 0 aliphatic rings. The number of hydrogen-bond donors (Lipinski definition) is 0. The Labute approximate surface area is 143 Å². The summed E-state index contributed by atoms with van der Waals surface area (Å²) in [5.74, 6) is 0. The lowest BCUT2D eigenvalue weighted by molar-refractivity contribution is 1.18. The fourth-order valence-corrected chi connectivity index (χ4v) is 3.22. The summed E-state index contributed by atoms with van der Waals surface area (Å²) < 4.78 is 0. The highest BCUT2D eigenvalue weighted by Crippen LogP contribution is 2.35. The van der Waals surface area contributed by atoms with E-state index in [2.05, 4.69) is 74.6 Å². The van der Waals surface area contributed by atoms with Crippen LogP contribution in [0.3, 0.4) is 0 Å². The number of benzene rings is 1. The van der Waals surface area contributed by atoms with Crippen molar-refractivity contribution in [3.63, 3.8) is 0 Å². The molecule has 0 aliphatic carbocycles. The Morgan fingerprint density at radius 2 is 1.91 bits per heavy atom. The minimum absolute atomic E-state index is 1.03. The van der Waals surface area contributed by atoms with Crippen molar-refractivity contribution < 1.29 is 0 Å². The third-order valence-electron chi connectivity index (χ3n) is 3.53. The average Bonchev–Trinajstić information content (AvgIpc) is 2.97. The number of rotatable bonds is 6. The molecule has 0 N–H and O–H groups in total. The van der Waals surface area contributed by atoms with E-state index in [1.165, 1.54) is 21.0 Å². The topological polar surface area (TPSA) is 3.24 Å². The summed E-state index contributed by atoms with van der Waals surface area (Å²) in [4.78, 5) is 4.77. The molecule has 0 bridgehead atoms. The van der Waals surface area contributed by atoms with Gasteiger partial charge in [0.05, 0.1) is 0 Å². The van der Waals surface area contributed by atoms with Crippen LogP contribution in [0, 0.1) is 6.92 Å². The van der Waals surface area contributed by atoms with E-state index in [1.54, 1.807) is 6.08 Å². The summed E-state index contributed by atoms with van der Waals surface area (Å²) in [6, 6.07) is 12.8. The van der Waals surface area contributed by atoms with Gasteiger partial charge in [0.15, 0.2) is 0 Å². The lowest BCUT2D eigenvalue weighted by Crippen LogP contribution is -2.10. The van der Waals surface area contributed by atoms with Gasteiger partial charge in [0.1, 0.15) is 0 Å². The molecule has 0 radical (unpaired) electrons. The standard InChI is InChI=1S/C21H23NS/c1-6-7-10-18(16(2)3)15-22(5)20-12-9-8-11-19(20)21-14-13-17(4)23-21/h6-15H,1-2H2,3-5H3/b10-7-,18-15+. The molecule has 0 amide bonds. The maximum atomic E-state index is 4.06. The fraction of sp³-hybridized carbons (Fsp3) is 0.143. The van der Waals surface area contributed by atoms with Crippen molar-refractivity contribution in [1.82, 2.24) is 0 Å². The van der Waals surface area contributed by atoms with Gasteiger partial charge in [-0.2, -0.15) is 0 Å². The van der Waals surface area contributed by atoms with Gasteiger partial charge in [-0.05, 0) is 43.2 Å². The lowest BCUT2D eigenvalue weighted by atomic mass is 10.1. The predicted molar refractivity (Wildman–Crippen MR) is 105 cm³/mol. The van der Waals surface area contributed by atoms with E-state index in [0.29, 0.717) is 0 Å². The smallest absolute Gasteiger partial charge is 0.0491 e. The molecular weight excluding hydrogens is 298 g/mol. The molecule has 0 unspecified atom stereocenters. The Hall–Kier alpha value is -2.32. The molecular formula is C21H23NS. The Morgan fingerprint density at radius 1 is 1.17 bits per heavy atom. The van der Waals surface area contributed by atoms with Gasteiger partial charge in [-0.15, -0.1) is 11.3 Å². The van der Waals surface area contributed by atoms with E-state index in [0.717, 1.165) is 11.1 Å². The minimum Gasteiger partial charge on any atom is -0.350 e. The van der Waals surface area contributed by atoms with Crippen LogP contribution in [-0.2, 0) is 0 Å². The second-order valence-corrected chi connectivity index (χ2v) is 6.79. The van der Waals surface area contributed by atoms with E-state index >= 15 is 0 Å². The van der Waals surface area contributed by atoms with E-state index in [-0.39, 0.29) is 0 Å². The number of anilines is 1. The first kappa shape index (κ1) is 17.0. The second-order valence-electron chi connectivity index (χ2n) is 5.50. The van der Waals surface area contributed by atoms with Crippen molar-refractivity contribution in [2.75, 3.05) is 11.9 Å². The van der Waals surface area contributed by atoms with Crippen LogP contribution in [0.1, 0.15) is 11.8 Å². The normalized spacial score (nSPS) is 11.7. The monoisotopic (exact) mass is 321 g/mol. The van der Waals surface area contributed by atoms with Crippen LogP contribution in [0.2, 0.25) is 0 Å². The molecule has 0 saturated carbocycles. The van der Waals surface area contributed by atoms with Crippen LogP contribution in [0.15, 0.2) is 85.1 Å². The molecule has 2 rings (SSSR count). The number of thiophene rings is 1. The number of para-hydroxylation sites is 1. The van der Waals surface area contributed by atoms with Crippen LogP contribution < -0.4 is 4.90 Å². The predicted octanol–water partition coefficient (Wildman–Crippen LogP) is 6.36. The van der Waals surface area contributed by atoms with Crippen LogP contribution in [0.5, 0.6) is 0 Å². The molecule has 1 nitrogen and oxygen atoms in total. The van der Waals surface area contributed by atoms with Crippen molar-refractivity contribution in [1.29, 1.82) is 0 Å². The van der Waals surface area contributed by atoms with Crippen molar-refractivity contribution in [3.8, 4) is 10.4 Å². The molecule has 0 saturated heterocycles. The van der Waals surface area contributed by atoms with Gasteiger partial charge in [0.25, 0.3) is 0 Å². The molecule has 118 valence electrons. The first-order valence-electron chi connectivity index (χ1n) is 7.58. The molecule has 0 aliphatic heterocycles. The third kappa shape index (κ3) is 4.33. The molecule has 23 heavy (non-hydrogen) atoms. The quantitative estimate of drug-likeness (QED) is 0.559. The second kappa shape index (κ2) is 7.80. The van der Waals surface area contributed by atoms with Crippen LogP contribution >= 0.6 is 11.3 Å². The Kier molecular flexibility index (Phi) is 5.78. The Morgan fingerprint density at radius 3 is 2.52 bits per heavy atom. The van der Waals surface area contributed by atoms with E-state index in [9.17, 15) is 0 Å². The first-order valence-corrected chi connectivity index (χ1v) is 8.40. The molecule has 0 spiro atoms. The summed E-state index contributed by atoms with van der Waals surface area (Å²) in [5, 5.41) is 0. The third-order valence-corrected chi connectivity index (χ3v) is 4.56. The average molecular weight is 321 g/mol. The zero-order valence-electron chi connectivity index (χ0n) is 14.0. The molecule has 1 aromatic carbocycles. The maximum absolute atomic E-state index is 4.06. The van der Waals surface area contributed by atoms with Gasteiger partial charge in [0.2, 0.25) is 0 Å². The van der Waals surface area contributed by atoms with Crippen molar-refractivity contribution in [2.45, 2.75) is 13.8 Å². The number of hydrogen-bond acceptors (Lipinski definition) is 2. The lowest BCUT2D eigenvalue weighted by Gasteiger charge is -2.19. The summed E-state index contributed by atoms with van der Waals surface area (Å²) >= 11 is 1.82. The zero-order valence-corrected chi connectivity index (χ0v) is 14.9. The van der Waals surface area contributed by atoms with Gasteiger partial charge in [-0.3, -0.25) is 0 Å². The number of allylic oxidation sites excluding steroid dienone is 5. The van der Waals surface area contributed by atoms with Crippen LogP contribution in [0.4, 0.5) is 5.69 Å². The van der Waals surface area contributed by atoms with E-state index < -0.39 is 0 Å². The van der Waals surface area contributed by atoms with Crippen LogP contribution in [-0.4, -0.2) is 7.05 Å². The van der Waals surface area contributed by atoms with Crippen molar-refractivity contribution >= 4 is 17.0 Å². The van der Waals surface area contributed by atoms with E-state index in [1.807, 2.05) is 30.4 Å². The fourth-order valence-electron chi connectivity index (χ4n) is 2.31. The van der Waals surface area contributed by atoms with Gasteiger partial charge in [0, 0.05) is 34.3 Å². The maximum Gasteiger partial charge on any atom is 0.0491 e. The highest BCUT2D eigenvalue weighted by molar-refractivity contribution is 7.15. The highest BCUT2D eigenvalue weighted by Gasteiger charge is 2.09. The Balaban J connectivity index is 2.43. The summed E-state index contributed by atoms with van der Waals surface area (Å²) in [6.07, 6.45) is 7.85. The Bertz CT molecular complexity index is 762. The zero-order chi connectivity index (χ0) is 16.8. The molecule has 1 heterocycles. The SMILES string of the molecule is C=C/C=C\C(=C/N(C)c1ccccc1-c1ccc(C)s1)C(=C)C. The summed E-state index contributed by atoms with van der Waals surface area (Å²) in [6.45, 7) is 11.9. The summed E-state index contributed by atoms with van der Waals surface area (Å²) in [7, 11) is 2.07. The first-order chi connectivity index (χ1) is 11.0. The van der Waals surface area contributed by atoms with Crippen LogP contribution in [0.25, 0.3) is 10.4 Å². The largest absolute Gasteiger partial charge is 0.350 e. The molecule has 1 aromatic heterocycles. The molecule has 0 atom stereocenters. The minimum atomic E-state index is 1.03. The summed E-state index contributed by atoms with van der Waals surface area (Å²) in [5.41, 5.74) is 4.54. The van der Waals surface area contributed by atoms with Gasteiger partial charge < -0.3 is 4.90 Å². The highest BCUT2D eigenvalue weighted by atomic mass is 32.1. The number of nitrogens with zero attached hydrogens (tertiary/aromatic N) is 1. The van der Waals surface area contributed by atoms with E-state index in [4.69, 9.17) is 0 Å². The van der Waals surface area contributed by atoms with Gasteiger partial charge >= 0.3 is 0 Å². The van der Waals surface area contributed by atoms with Gasteiger partial charge in [-0.1, -0.05) is 49.6 Å². The van der Waals surface area contributed by atoms with Crippen molar-refractivity contribution in [2.24, 2.45) is 0 Å². The molecule has 0 fully saturated rings.